The van der Waals surface area contributed by atoms with Gasteiger partial charge in [0.2, 0.25) is 0 Å². The predicted molar refractivity (Wildman–Crippen MR) is 94.2 cm³/mol. The summed E-state index contributed by atoms with van der Waals surface area (Å²) in [4.78, 5) is 2.55. The number of aromatic nitrogens is 2. The van der Waals surface area contributed by atoms with Gasteiger partial charge in [-0.1, -0.05) is 11.8 Å². The highest BCUT2D eigenvalue weighted by atomic mass is 32.2. The van der Waals surface area contributed by atoms with Crippen molar-refractivity contribution in [2.45, 2.75) is 36.1 Å². The number of piperidine rings is 1. The Labute approximate surface area is 149 Å². The fourth-order valence-corrected chi connectivity index (χ4v) is 5.34. The smallest absolute Gasteiger partial charge is 0.147 e. The molecule has 2 aromatic rings. The van der Waals surface area contributed by atoms with E-state index in [4.69, 9.17) is 4.74 Å². The summed E-state index contributed by atoms with van der Waals surface area (Å²) in [6.07, 6.45) is 2.59. The minimum Gasteiger partial charge on any atom is -0.480 e. The van der Waals surface area contributed by atoms with Crippen LogP contribution in [0, 0.1) is 11.7 Å². The first-order valence-electron chi connectivity index (χ1n) is 8.33. The Kier molecular flexibility index (Phi) is 4.74. The molecule has 1 aromatic carbocycles. The molecular formula is C17H20FN3OS2. The Morgan fingerprint density at radius 2 is 2.12 bits per heavy atom. The van der Waals surface area contributed by atoms with Gasteiger partial charge in [-0.3, -0.25) is 0 Å². The molecule has 2 fully saturated rings. The van der Waals surface area contributed by atoms with E-state index >= 15 is 0 Å². The summed E-state index contributed by atoms with van der Waals surface area (Å²) in [5.74, 6) is 1.64. The van der Waals surface area contributed by atoms with Gasteiger partial charge in [0.15, 0.2) is 0 Å². The summed E-state index contributed by atoms with van der Waals surface area (Å²) >= 11 is 2.89. The van der Waals surface area contributed by atoms with Gasteiger partial charge in [-0.05, 0) is 56.5 Å². The van der Waals surface area contributed by atoms with Crippen molar-refractivity contribution in [3.05, 3.63) is 35.8 Å². The van der Waals surface area contributed by atoms with E-state index in [-0.39, 0.29) is 11.3 Å². The summed E-state index contributed by atoms with van der Waals surface area (Å²) in [5.41, 5.74) is 1.05. The molecule has 128 valence electrons. The molecule has 1 aromatic heterocycles. The topological polar surface area (TPSA) is 38.3 Å². The molecule has 7 heteroatoms. The van der Waals surface area contributed by atoms with E-state index in [0.29, 0.717) is 11.7 Å². The molecule has 2 aliphatic rings. The molecule has 2 aliphatic heterocycles. The number of halogens is 1. The molecule has 4 rings (SSSR count). The van der Waals surface area contributed by atoms with E-state index in [1.807, 2.05) is 6.92 Å². The number of ether oxygens (including phenoxy) is 1. The highest BCUT2D eigenvalue weighted by molar-refractivity contribution is 7.99. The molecule has 2 saturated heterocycles. The largest absolute Gasteiger partial charge is 0.480 e. The van der Waals surface area contributed by atoms with Crippen LogP contribution in [0.2, 0.25) is 0 Å². The van der Waals surface area contributed by atoms with E-state index in [1.165, 1.54) is 49.8 Å². The zero-order valence-corrected chi connectivity index (χ0v) is 15.2. The van der Waals surface area contributed by atoms with Gasteiger partial charge in [0.25, 0.3) is 0 Å². The highest BCUT2D eigenvalue weighted by Crippen LogP contribution is 2.41. The Morgan fingerprint density at radius 1 is 1.29 bits per heavy atom. The maximum atomic E-state index is 13.0. The van der Waals surface area contributed by atoms with Crippen molar-refractivity contribution in [3.63, 3.8) is 0 Å². The first-order valence-corrected chi connectivity index (χ1v) is 9.94. The van der Waals surface area contributed by atoms with Gasteiger partial charge in [-0.15, -0.1) is 0 Å². The lowest BCUT2D eigenvalue weighted by molar-refractivity contribution is 0.269. The molecule has 3 heterocycles. The number of hydrogen-bond donors (Lipinski definition) is 0. The molecule has 4 unspecified atom stereocenters. The third-order valence-corrected chi connectivity index (χ3v) is 6.40. The predicted octanol–water partition coefficient (Wildman–Crippen LogP) is 4.00. The fraction of sp³-hybridized carbons (Fsp3) is 0.529. The zero-order chi connectivity index (χ0) is 16.5. The molecule has 24 heavy (non-hydrogen) atoms. The number of thioether (sulfide) groups is 1. The van der Waals surface area contributed by atoms with E-state index in [0.717, 1.165) is 23.2 Å². The lowest BCUT2D eigenvalue weighted by atomic mass is 9.89. The average molecular weight is 365 g/mol. The van der Waals surface area contributed by atoms with Crippen molar-refractivity contribution in [3.8, 4) is 5.75 Å². The van der Waals surface area contributed by atoms with Crippen LogP contribution in [0.1, 0.15) is 31.4 Å². The zero-order valence-electron chi connectivity index (χ0n) is 13.5. The SMILES string of the molecule is CC(Oc1ccc(F)cc1)Sc1nsnc1C1CN2CCCC1C2. The van der Waals surface area contributed by atoms with Gasteiger partial charge in [-0.2, -0.15) is 8.75 Å². The average Bonchev–Trinajstić information content (AvgIpc) is 3.13. The van der Waals surface area contributed by atoms with Crippen LogP contribution in [0.25, 0.3) is 0 Å². The van der Waals surface area contributed by atoms with Crippen molar-refractivity contribution >= 4 is 23.5 Å². The Balaban J connectivity index is 1.44. The number of hydrogen-bond acceptors (Lipinski definition) is 6. The normalized spacial score (nSPS) is 27.2. The van der Waals surface area contributed by atoms with Gasteiger partial charge < -0.3 is 9.64 Å². The summed E-state index contributed by atoms with van der Waals surface area (Å²) in [5, 5.41) is 0.994. The van der Waals surface area contributed by atoms with Crippen LogP contribution in [-0.4, -0.2) is 38.7 Å². The first kappa shape index (κ1) is 16.3. The lowest BCUT2D eigenvalue weighted by Gasteiger charge is -2.21. The molecule has 0 aliphatic carbocycles. The molecule has 0 N–H and O–H groups in total. The van der Waals surface area contributed by atoms with Gasteiger partial charge >= 0.3 is 0 Å². The van der Waals surface area contributed by atoms with E-state index < -0.39 is 0 Å². The van der Waals surface area contributed by atoms with Crippen LogP contribution >= 0.6 is 23.5 Å². The fourth-order valence-electron chi connectivity index (χ4n) is 3.70. The monoisotopic (exact) mass is 365 g/mol. The van der Waals surface area contributed by atoms with Gasteiger partial charge in [0.05, 0.1) is 17.4 Å². The lowest BCUT2D eigenvalue weighted by Crippen LogP contribution is -2.25. The molecular weight excluding hydrogens is 345 g/mol. The van der Waals surface area contributed by atoms with Crippen molar-refractivity contribution < 1.29 is 9.13 Å². The van der Waals surface area contributed by atoms with Crippen molar-refractivity contribution in [1.82, 2.24) is 13.6 Å². The van der Waals surface area contributed by atoms with E-state index in [1.54, 1.807) is 23.9 Å². The Bertz CT molecular complexity index is 693. The Hall–Kier alpha value is -1.18. The van der Waals surface area contributed by atoms with Crippen molar-refractivity contribution in [2.75, 3.05) is 19.6 Å². The third kappa shape index (κ3) is 3.43. The quantitative estimate of drug-likeness (QED) is 0.591. The second-order valence-corrected chi connectivity index (χ2v) is 8.29. The van der Waals surface area contributed by atoms with Crippen molar-refractivity contribution in [2.24, 2.45) is 5.92 Å². The maximum absolute atomic E-state index is 13.0. The molecule has 0 saturated carbocycles. The minimum absolute atomic E-state index is 0.0980. The van der Waals surface area contributed by atoms with Gasteiger partial charge in [0, 0.05) is 19.0 Å². The Morgan fingerprint density at radius 3 is 2.92 bits per heavy atom. The number of benzene rings is 1. The van der Waals surface area contributed by atoms with Crippen LogP contribution in [0.5, 0.6) is 5.75 Å². The summed E-state index contributed by atoms with van der Waals surface area (Å²) in [6.45, 7) is 5.52. The van der Waals surface area contributed by atoms with Gasteiger partial charge in [-0.25, -0.2) is 4.39 Å². The standard InChI is InChI=1S/C17H20FN3OS2/c1-11(22-14-6-4-13(18)5-7-14)23-17-16(19-24-20-17)15-10-21-8-2-3-12(15)9-21/h4-7,11-12,15H,2-3,8-10H2,1H3. The molecule has 2 bridgehead atoms. The molecule has 4 atom stereocenters. The summed E-state index contributed by atoms with van der Waals surface area (Å²) in [7, 11) is 0. The second-order valence-electron chi connectivity index (χ2n) is 6.48. The third-order valence-electron chi connectivity index (χ3n) is 4.79. The summed E-state index contributed by atoms with van der Waals surface area (Å²) < 4.78 is 28.0. The summed E-state index contributed by atoms with van der Waals surface area (Å²) in [6, 6.07) is 6.13. The van der Waals surface area contributed by atoms with Crippen LogP contribution in [0.4, 0.5) is 4.39 Å². The first-order chi connectivity index (χ1) is 11.7. The van der Waals surface area contributed by atoms with E-state index in [2.05, 4.69) is 13.6 Å². The highest BCUT2D eigenvalue weighted by Gasteiger charge is 2.39. The van der Waals surface area contributed by atoms with Crippen molar-refractivity contribution in [1.29, 1.82) is 0 Å². The van der Waals surface area contributed by atoms with Crippen LogP contribution in [-0.2, 0) is 0 Å². The molecule has 0 radical (unpaired) electrons. The van der Waals surface area contributed by atoms with Crippen LogP contribution < -0.4 is 4.74 Å². The minimum atomic E-state index is -0.254. The van der Waals surface area contributed by atoms with Crippen LogP contribution in [0.15, 0.2) is 29.3 Å². The van der Waals surface area contributed by atoms with Crippen LogP contribution in [0.3, 0.4) is 0 Å². The molecule has 0 spiro atoms. The second kappa shape index (κ2) is 6.98. The molecule has 4 nitrogen and oxygen atoms in total. The maximum Gasteiger partial charge on any atom is 0.147 e. The number of nitrogens with zero attached hydrogens (tertiary/aromatic N) is 3. The number of rotatable bonds is 5. The molecule has 0 amide bonds. The van der Waals surface area contributed by atoms with E-state index in [9.17, 15) is 4.39 Å². The number of fused-ring (bicyclic) bond motifs is 2. The van der Waals surface area contributed by atoms with Gasteiger partial charge in [0.1, 0.15) is 22.0 Å².